The van der Waals surface area contributed by atoms with Gasteiger partial charge in [-0.25, -0.2) is 9.18 Å². The standard InChI is InChI=1S/C25H30FN3O4/c1-16(24(30)28-11-4-5-12-28)27-25(31)29-13-10-18-14-21(32-2)22(33-3)15-20(18)23(29)17-6-8-19(26)9-7-17/h6-9,14-16,23H,4-5,10-13H2,1-3H3,(H,27,31)/t16-,23-/m0/s1. The number of nitrogens with one attached hydrogen (secondary N) is 1. The van der Waals surface area contributed by atoms with Gasteiger partial charge in [0.25, 0.3) is 0 Å². The lowest BCUT2D eigenvalue weighted by atomic mass is 9.88. The summed E-state index contributed by atoms with van der Waals surface area (Å²) >= 11 is 0. The number of fused-ring (bicyclic) bond motifs is 1. The summed E-state index contributed by atoms with van der Waals surface area (Å²) in [7, 11) is 3.15. The Morgan fingerprint density at radius 1 is 1.03 bits per heavy atom. The average molecular weight is 456 g/mol. The molecule has 2 aliphatic heterocycles. The van der Waals surface area contributed by atoms with Gasteiger partial charge >= 0.3 is 6.03 Å². The third-order valence-electron chi connectivity index (χ3n) is 6.45. The smallest absolute Gasteiger partial charge is 0.318 e. The number of rotatable bonds is 5. The van der Waals surface area contributed by atoms with Gasteiger partial charge in [-0.2, -0.15) is 0 Å². The fraction of sp³-hybridized carbons (Fsp3) is 0.440. The highest BCUT2D eigenvalue weighted by Gasteiger charge is 2.35. The molecule has 1 fully saturated rings. The molecule has 0 aromatic heterocycles. The average Bonchev–Trinajstić information content (AvgIpc) is 3.37. The zero-order valence-electron chi connectivity index (χ0n) is 19.3. The Hall–Kier alpha value is -3.29. The largest absolute Gasteiger partial charge is 0.493 e. The molecular formula is C25H30FN3O4. The number of carbonyl (C=O) groups is 2. The maximum absolute atomic E-state index is 13.7. The van der Waals surface area contributed by atoms with Crippen LogP contribution in [0.15, 0.2) is 36.4 Å². The molecule has 1 N–H and O–H groups in total. The van der Waals surface area contributed by atoms with E-state index in [9.17, 15) is 14.0 Å². The Bertz CT molecular complexity index is 1020. The summed E-state index contributed by atoms with van der Waals surface area (Å²) in [6.45, 7) is 3.63. The van der Waals surface area contributed by atoms with Crippen molar-refractivity contribution in [2.75, 3.05) is 33.9 Å². The van der Waals surface area contributed by atoms with Gasteiger partial charge in [0, 0.05) is 19.6 Å². The minimum atomic E-state index is -0.628. The van der Waals surface area contributed by atoms with Crippen LogP contribution in [-0.2, 0) is 11.2 Å². The van der Waals surface area contributed by atoms with E-state index in [-0.39, 0.29) is 17.8 Å². The predicted molar refractivity (Wildman–Crippen MR) is 122 cm³/mol. The number of hydrogen-bond donors (Lipinski definition) is 1. The number of benzene rings is 2. The van der Waals surface area contributed by atoms with E-state index in [1.165, 1.54) is 12.1 Å². The number of carbonyl (C=O) groups excluding carboxylic acids is 2. The third kappa shape index (κ3) is 4.60. The second kappa shape index (κ2) is 9.68. The number of nitrogens with zero attached hydrogens (tertiary/aromatic N) is 2. The normalized spacial score (nSPS) is 18.5. The molecule has 0 radical (unpaired) electrons. The van der Waals surface area contributed by atoms with Gasteiger partial charge in [-0.1, -0.05) is 12.1 Å². The summed E-state index contributed by atoms with van der Waals surface area (Å²) < 4.78 is 24.6. The van der Waals surface area contributed by atoms with Crippen molar-refractivity contribution in [1.82, 2.24) is 15.1 Å². The highest BCUT2D eigenvalue weighted by molar-refractivity contribution is 5.87. The highest BCUT2D eigenvalue weighted by Crippen LogP contribution is 2.41. The first-order valence-electron chi connectivity index (χ1n) is 11.3. The van der Waals surface area contributed by atoms with Crippen LogP contribution < -0.4 is 14.8 Å². The molecule has 7 nitrogen and oxygen atoms in total. The van der Waals surface area contributed by atoms with Gasteiger partial charge < -0.3 is 24.6 Å². The molecule has 0 spiro atoms. The second-order valence-corrected chi connectivity index (χ2v) is 8.51. The molecule has 1 saturated heterocycles. The van der Waals surface area contributed by atoms with Gasteiger partial charge in [-0.15, -0.1) is 0 Å². The van der Waals surface area contributed by atoms with Crippen LogP contribution in [0.25, 0.3) is 0 Å². The molecule has 4 rings (SSSR count). The van der Waals surface area contributed by atoms with Crippen molar-refractivity contribution < 1.29 is 23.5 Å². The first kappa shape index (κ1) is 22.9. The molecule has 2 aliphatic rings. The van der Waals surface area contributed by atoms with Crippen molar-refractivity contribution in [3.63, 3.8) is 0 Å². The van der Waals surface area contributed by atoms with Crippen LogP contribution in [0.1, 0.15) is 42.5 Å². The Labute approximate surface area is 193 Å². The van der Waals surface area contributed by atoms with E-state index in [1.54, 1.807) is 43.1 Å². The van der Waals surface area contributed by atoms with Gasteiger partial charge in [0.1, 0.15) is 11.9 Å². The van der Waals surface area contributed by atoms with Crippen molar-refractivity contribution >= 4 is 11.9 Å². The lowest BCUT2D eigenvalue weighted by Crippen LogP contribution is -2.52. The van der Waals surface area contributed by atoms with Crippen LogP contribution in [0.5, 0.6) is 11.5 Å². The molecule has 0 aliphatic carbocycles. The quantitative estimate of drug-likeness (QED) is 0.749. The number of halogens is 1. The van der Waals surface area contributed by atoms with Gasteiger partial charge in [0.05, 0.1) is 20.3 Å². The highest BCUT2D eigenvalue weighted by atomic mass is 19.1. The molecule has 0 unspecified atom stereocenters. The molecule has 2 aromatic carbocycles. The monoisotopic (exact) mass is 455 g/mol. The number of hydrogen-bond acceptors (Lipinski definition) is 4. The van der Waals surface area contributed by atoms with E-state index >= 15 is 0 Å². The molecule has 2 atom stereocenters. The van der Waals surface area contributed by atoms with Crippen LogP contribution in [0.4, 0.5) is 9.18 Å². The van der Waals surface area contributed by atoms with E-state index in [2.05, 4.69) is 5.32 Å². The van der Waals surface area contributed by atoms with Crippen LogP contribution in [-0.4, -0.2) is 61.6 Å². The molecule has 2 aromatic rings. The van der Waals surface area contributed by atoms with Gasteiger partial charge in [0.15, 0.2) is 11.5 Å². The second-order valence-electron chi connectivity index (χ2n) is 8.51. The fourth-order valence-electron chi connectivity index (χ4n) is 4.71. The van der Waals surface area contributed by atoms with Gasteiger partial charge in [-0.3, -0.25) is 4.79 Å². The Balaban J connectivity index is 1.66. The van der Waals surface area contributed by atoms with Gasteiger partial charge in [-0.05, 0) is 67.1 Å². The third-order valence-corrected chi connectivity index (χ3v) is 6.45. The van der Waals surface area contributed by atoms with E-state index in [0.29, 0.717) is 24.5 Å². The van der Waals surface area contributed by atoms with Crippen molar-refractivity contribution in [3.05, 3.63) is 58.9 Å². The van der Waals surface area contributed by atoms with E-state index in [1.807, 2.05) is 12.1 Å². The molecule has 8 heteroatoms. The van der Waals surface area contributed by atoms with Crippen LogP contribution in [0.2, 0.25) is 0 Å². The SMILES string of the molecule is COc1cc2c(cc1OC)[C@H](c1ccc(F)cc1)N(C(=O)N[C@@H](C)C(=O)N1CCCC1)CC2. The summed E-state index contributed by atoms with van der Waals surface area (Å²) in [5.74, 6) is 0.769. The number of amides is 3. The number of methoxy groups -OCH3 is 2. The van der Waals surface area contributed by atoms with Crippen LogP contribution in [0, 0.1) is 5.82 Å². The zero-order chi connectivity index (χ0) is 23.5. The van der Waals surface area contributed by atoms with Crippen LogP contribution in [0.3, 0.4) is 0 Å². The molecule has 0 bridgehead atoms. The maximum atomic E-state index is 13.7. The molecule has 0 saturated carbocycles. The molecule has 2 heterocycles. The Morgan fingerprint density at radius 2 is 1.67 bits per heavy atom. The number of likely N-dealkylation sites (tertiary alicyclic amines) is 1. The first-order valence-corrected chi connectivity index (χ1v) is 11.3. The summed E-state index contributed by atoms with van der Waals surface area (Å²) in [5.41, 5.74) is 2.70. The molecule has 176 valence electrons. The zero-order valence-corrected chi connectivity index (χ0v) is 19.3. The lowest BCUT2D eigenvalue weighted by Gasteiger charge is -2.38. The molecular weight excluding hydrogens is 425 g/mol. The predicted octanol–water partition coefficient (Wildman–Crippen LogP) is 3.51. The summed E-state index contributed by atoms with van der Waals surface area (Å²) in [4.78, 5) is 29.6. The summed E-state index contributed by atoms with van der Waals surface area (Å²) in [6, 6.07) is 8.54. The molecule has 3 amide bonds. The Morgan fingerprint density at radius 3 is 2.30 bits per heavy atom. The fourth-order valence-corrected chi connectivity index (χ4v) is 4.71. The first-order chi connectivity index (χ1) is 15.9. The number of urea groups is 1. The van der Waals surface area contributed by atoms with Crippen LogP contribution >= 0.6 is 0 Å². The molecule has 33 heavy (non-hydrogen) atoms. The van der Waals surface area contributed by atoms with Crippen molar-refractivity contribution in [2.24, 2.45) is 0 Å². The maximum Gasteiger partial charge on any atom is 0.318 e. The number of ether oxygens (including phenoxy) is 2. The lowest BCUT2D eigenvalue weighted by molar-refractivity contribution is -0.131. The summed E-state index contributed by atoms with van der Waals surface area (Å²) in [5, 5.41) is 2.89. The van der Waals surface area contributed by atoms with Gasteiger partial charge in [0.2, 0.25) is 5.91 Å². The minimum Gasteiger partial charge on any atom is -0.493 e. The summed E-state index contributed by atoms with van der Waals surface area (Å²) in [6.07, 6.45) is 2.61. The van der Waals surface area contributed by atoms with E-state index in [4.69, 9.17) is 9.47 Å². The minimum absolute atomic E-state index is 0.0667. The van der Waals surface area contributed by atoms with Crippen molar-refractivity contribution in [2.45, 2.75) is 38.3 Å². The van der Waals surface area contributed by atoms with Crippen molar-refractivity contribution in [3.8, 4) is 11.5 Å². The van der Waals surface area contributed by atoms with E-state index in [0.717, 1.165) is 42.6 Å². The van der Waals surface area contributed by atoms with E-state index < -0.39 is 12.1 Å². The van der Waals surface area contributed by atoms with Crippen molar-refractivity contribution in [1.29, 1.82) is 0 Å². The topological polar surface area (TPSA) is 71.1 Å². The Kier molecular flexibility index (Phi) is 6.72.